The monoisotopic (exact) mass is 422 g/mol. The van der Waals surface area contributed by atoms with Crippen molar-refractivity contribution in [3.8, 4) is 0 Å². The van der Waals surface area contributed by atoms with Gasteiger partial charge in [0.1, 0.15) is 5.03 Å². The zero-order chi connectivity index (χ0) is 18.8. The standard InChI is InChI=1S/C20H10Cl4O2/c21-15-14(20(26)18(24)17(23)16(15)22)13(11-7-3-1-4-8-11)19(25)12-9-5-2-6-10-12/h1-10H/b14-13+. The number of benzene rings is 2. The van der Waals surface area contributed by atoms with Crippen LogP contribution in [-0.4, -0.2) is 11.6 Å². The Balaban J connectivity index is 2.34. The molecule has 2 aromatic rings. The lowest BCUT2D eigenvalue weighted by Gasteiger charge is -2.19. The summed E-state index contributed by atoms with van der Waals surface area (Å²) in [5.74, 6) is -1.01. The van der Waals surface area contributed by atoms with Gasteiger partial charge in [0.25, 0.3) is 0 Å². The average Bonchev–Trinajstić information content (AvgIpc) is 2.69. The van der Waals surface area contributed by atoms with Crippen molar-refractivity contribution in [2.45, 2.75) is 0 Å². The quantitative estimate of drug-likeness (QED) is 0.429. The molecule has 1 aliphatic rings. The minimum atomic E-state index is -0.644. The molecule has 0 amide bonds. The number of Topliss-reactive ketones (excluding diaryl/α,β-unsaturated/α-hetero) is 2. The molecule has 0 spiro atoms. The molecule has 0 fully saturated rings. The van der Waals surface area contributed by atoms with Gasteiger partial charge in [-0.25, -0.2) is 0 Å². The van der Waals surface area contributed by atoms with Gasteiger partial charge in [-0.3, -0.25) is 9.59 Å². The molecule has 2 nitrogen and oxygen atoms in total. The number of allylic oxidation sites excluding steroid dienone is 6. The van der Waals surface area contributed by atoms with Crippen LogP contribution in [0.15, 0.2) is 86.4 Å². The topological polar surface area (TPSA) is 34.1 Å². The van der Waals surface area contributed by atoms with Crippen LogP contribution in [0.25, 0.3) is 5.57 Å². The second-order valence-corrected chi connectivity index (χ2v) is 6.91. The number of rotatable bonds is 3. The summed E-state index contributed by atoms with van der Waals surface area (Å²) in [6.45, 7) is 0. The molecule has 1 aliphatic carbocycles. The Bertz CT molecular complexity index is 987. The van der Waals surface area contributed by atoms with E-state index in [2.05, 4.69) is 0 Å². The second kappa shape index (κ2) is 7.81. The summed E-state index contributed by atoms with van der Waals surface area (Å²) >= 11 is 24.4. The normalized spacial score (nSPS) is 16.8. The zero-order valence-corrected chi connectivity index (χ0v) is 16.1. The van der Waals surface area contributed by atoms with Gasteiger partial charge in [-0.2, -0.15) is 0 Å². The minimum absolute atomic E-state index is 0.0638. The molecule has 2 aromatic carbocycles. The highest BCUT2D eigenvalue weighted by molar-refractivity contribution is 6.61. The lowest BCUT2D eigenvalue weighted by Crippen LogP contribution is -2.16. The predicted molar refractivity (Wildman–Crippen MR) is 107 cm³/mol. The number of hydrogen-bond donors (Lipinski definition) is 0. The molecule has 0 aliphatic heterocycles. The van der Waals surface area contributed by atoms with Gasteiger partial charge < -0.3 is 0 Å². The number of ketones is 2. The van der Waals surface area contributed by atoms with Crippen LogP contribution in [-0.2, 0) is 4.79 Å². The molecular formula is C20H10Cl4O2. The van der Waals surface area contributed by atoms with Crippen molar-refractivity contribution in [1.82, 2.24) is 0 Å². The third-order valence-electron chi connectivity index (χ3n) is 3.80. The first-order valence-electron chi connectivity index (χ1n) is 7.49. The van der Waals surface area contributed by atoms with Crippen molar-refractivity contribution >= 4 is 63.5 Å². The Morgan fingerprint density at radius 3 is 1.62 bits per heavy atom. The minimum Gasteiger partial charge on any atom is -0.289 e. The summed E-state index contributed by atoms with van der Waals surface area (Å²) < 4.78 is 0. The van der Waals surface area contributed by atoms with Crippen molar-refractivity contribution in [3.05, 3.63) is 97.5 Å². The van der Waals surface area contributed by atoms with Crippen LogP contribution in [0.3, 0.4) is 0 Å². The van der Waals surface area contributed by atoms with E-state index in [1.54, 1.807) is 60.7 Å². The van der Waals surface area contributed by atoms with E-state index in [4.69, 9.17) is 46.4 Å². The van der Waals surface area contributed by atoms with Crippen molar-refractivity contribution in [3.63, 3.8) is 0 Å². The van der Waals surface area contributed by atoms with Gasteiger partial charge in [-0.1, -0.05) is 107 Å². The first-order chi connectivity index (χ1) is 12.4. The average molecular weight is 424 g/mol. The van der Waals surface area contributed by atoms with Crippen molar-refractivity contribution < 1.29 is 9.59 Å². The molecule has 0 aromatic heterocycles. The molecule has 0 saturated carbocycles. The lowest BCUT2D eigenvalue weighted by atomic mass is 9.88. The van der Waals surface area contributed by atoms with Crippen LogP contribution in [0, 0.1) is 0 Å². The first kappa shape index (κ1) is 18.9. The molecule has 0 heterocycles. The third kappa shape index (κ3) is 3.38. The summed E-state index contributed by atoms with van der Waals surface area (Å²) in [5, 5.41) is -0.576. The fourth-order valence-electron chi connectivity index (χ4n) is 2.56. The van der Waals surface area contributed by atoms with Gasteiger partial charge in [0, 0.05) is 11.1 Å². The molecule has 3 rings (SSSR count). The summed E-state index contributed by atoms with van der Waals surface area (Å²) in [4.78, 5) is 26.0. The Labute approximate surface area is 170 Å². The summed E-state index contributed by atoms with van der Waals surface area (Å²) in [7, 11) is 0. The van der Waals surface area contributed by atoms with Crippen molar-refractivity contribution in [2.24, 2.45) is 0 Å². The number of carbonyl (C=O) groups excluding carboxylic acids is 2. The van der Waals surface area contributed by atoms with Crippen LogP contribution in [0.5, 0.6) is 0 Å². The third-order valence-corrected chi connectivity index (χ3v) is 5.58. The van der Waals surface area contributed by atoms with E-state index in [-0.39, 0.29) is 37.1 Å². The largest absolute Gasteiger partial charge is 0.289 e. The van der Waals surface area contributed by atoms with Gasteiger partial charge in [0.2, 0.25) is 5.78 Å². The van der Waals surface area contributed by atoms with Crippen LogP contribution in [0.4, 0.5) is 0 Å². The molecule has 130 valence electrons. The van der Waals surface area contributed by atoms with Crippen LogP contribution >= 0.6 is 46.4 Å². The molecule has 6 heteroatoms. The maximum atomic E-state index is 13.2. The van der Waals surface area contributed by atoms with Crippen LogP contribution < -0.4 is 0 Å². The SMILES string of the molecule is O=C1C(Cl)=C(Cl)C(Cl)=C(Cl)/C1=C(\C(=O)c1ccccc1)c1ccccc1. The molecule has 0 unspecified atom stereocenters. The fourth-order valence-corrected chi connectivity index (χ4v) is 3.49. The van der Waals surface area contributed by atoms with E-state index in [1.807, 2.05) is 0 Å². The Kier molecular flexibility index (Phi) is 5.69. The maximum Gasteiger partial charge on any atom is 0.208 e. The highest BCUT2D eigenvalue weighted by atomic mass is 35.5. The van der Waals surface area contributed by atoms with Crippen molar-refractivity contribution in [1.29, 1.82) is 0 Å². The van der Waals surface area contributed by atoms with E-state index >= 15 is 0 Å². The molecule has 0 radical (unpaired) electrons. The summed E-state index contributed by atoms with van der Waals surface area (Å²) in [6, 6.07) is 17.3. The fraction of sp³-hybridized carbons (Fsp3) is 0. The molecule has 0 atom stereocenters. The van der Waals surface area contributed by atoms with Crippen molar-refractivity contribution in [2.75, 3.05) is 0 Å². The summed E-state index contributed by atoms with van der Waals surface area (Å²) in [6.07, 6.45) is 0. The van der Waals surface area contributed by atoms with Gasteiger partial charge in [-0.15, -0.1) is 0 Å². The van der Waals surface area contributed by atoms with Crippen LogP contribution in [0.2, 0.25) is 0 Å². The first-order valence-corrected chi connectivity index (χ1v) is 9.00. The number of halogens is 4. The zero-order valence-electron chi connectivity index (χ0n) is 13.1. The van der Waals surface area contributed by atoms with Gasteiger partial charge in [0.05, 0.1) is 20.7 Å². The number of carbonyl (C=O) groups is 2. The predicted octanol–water partition coefficient (Wildman–Crippen LogP) is 6.28. The highest BCUT2D eigenvalue weighted by Gasteiger charge is 2.34. The molecular weight excluding hydrogens is 414 g/mol. The number of hydrogen-bond acceptors (Lipinski definition) is 2. The highest BCUT2D eigenvalue weighted by Crippen LogP contribution is 2.43. The van der Waals surface area contributed by atoms with E-state index in [0.29, 0.717) is 11.1 Å². The Hall–Kier alpha value is -1.84. The lowest BCUT2D eigenvalue weighted by molar-refractivity contribution is -0.111. The van der Waals surface area contributed by atoms with E-state index in [0.717, 1.165) is 0 Å². The second-order valence-electron chi connectivity index (χ2n) is 5.40. The van der Waals surface area contributed by atoms with Gasteiger partial charge in [0.15, 0.2) is 5.78 Å². The Morgan fingerprint density at radius 2 is 1.08 bits per heavy atom. The van der Waals surface area contributed by atoms with E-state index < -0.39 is 5.78 Å². The molecule has 26 heavy (non-hydrogen) atoms. The maximum absolute atomic E-state index is 13.2. The van der Waals surface area contributed by atoms with Crippen LogP contribution in [0.1, 0.15) is 15.9 Å². The smallest absolute Gasteiger partial charge is 0.208 e. The Morgan fingerprint density at radius 1 is 0.615 bits per heavy atom. The van der Waals surface area contributed by atoms with E-state index in [9.17, 15) is 9.59 Å². The molecule has 0 N–H and O–H groups in total. The van der Waals surface area contributed by atoms with E-state index in [1.165, 1.54) is 0 Å². The van der Waals surface area contributed by atoms with Gasteiger partial charge >= 0.3 is 0 Å². The summed E-state index contributed by atoms with van der Waals surface area (Å²) in [5.41, 5.74) is 0.984. The molecule has 0 saturated heterocycles. The van der Waals surface area contributed by atoms with Gasteiger partial charge in [-0.05, 0) is 5.56 Å². The molecule has 0 bridgehead atoms.